The van der Waals surface area contributed by atoms with Gasteiger partial charge in [0, 0.05) is 6.54 Å². The number of aromatic nitrogens is 4. The first-order valence-corrected chi connectivity index (χ1v) is 6.29. The number of aryl methyl sites for hydroxylation is 1. The minimum Gasteiger partial charge on any atom is -0.296 e. The van der Waals surface area contributed by atoms with Crippen molar-refractivity contribution < 1.29 is 0 Å². The monoisotopic (exact) mass is 225 g/mol. The molecule has 0 aliphatic carbocycles. The summed E-state index contributed by atoms with van der Waals surface area (Å²) in [4.78, 5) is 2.39. The van der Waals surface area contributed by atoms with Gasteiger partial charge >= 0.3 is 0 Å². The van der Waals surface area contributed by atoms with Gasteiger partial charge in [-0.05, 0) is 36.4 Å². The van der Waals surface area contributed by atoms with E-state index in [-0.39, 0.29) is 0 Å². The summed E-state index contributed by atoms with van der Waals surface area (Å²) in [5.74, 6) is 0.986. The standard InChI is InChI=1S/C11H23N5/c1-4-7-9-15(6-3)10-11-12-13-14-16(11)8-5-2/h4-10H2,1-3H3. The molecule has 0 radical (unpaired) electrons. The average molecular weight is 225 g/mol. The van der Waals surface area contributed by atoms with E-state index in [9.17, 15) is 0 Å². The first-order chi connectivity index (χ1) is 7.81. The van der Waals surface area contributed by atoms with E-state index in [0.717, 1.165) is 38.4 Å². The Balaban J connectivity index is 2.51. The highest BCUT2D eigenvalue weighted by atomic mass is 15.5. The molecule has 0 amide bonds. The highest BCUT2D eigenvalue weighted by Crippen LogP contribution is 2.02. The Hall–Kier alpha value is -0.970. The van der Waals surface area contributed by atoms with E-state index in [0.29, 0.717) is 0 Å². The zero-order valence-corrected chi connectivity index (χ0v) is 10.7. The Morgan fingerprint density at radius 2 is 2.00 bits per heavy atom. The van der Waals surface area contributed by atoms with E-state index in [4.69, 9.17) is 0 Å². The molecule has 5 heteroatoms. The molecule has 0 atom stereocenters. The van der Waals surface area contributed by atoms with Crippen molar-refractivity contribution in [2.45, 2.75) is 53.1 Å². The van der Waals surface area contributed by atoms with Crippen molar-refractivity contribution in [3.63, 3.8) is 0 Å². The number of tetrazole rings is 1. The summed E-state index contributed by atoms with van der Waals surface area (Å²) in [5, 5.41) is 11.8. The number of hydrogen-bond acceptors (Lipinski definition) is 4. The summed E-state index contributed by atoms with van der Waals surface area (Å²) in [5.41, 5.74) is 0. The quantitative estimate of drug-likeness (QED) is 0.675. The molecule has 0 fully saturated rings. The second-order valence-corrected chi connectivity index (χ2v) is 4.04. The van der Waals surface area contributed by atoms with Crippen LogP contribution in [0.1, 0.15) is 45.9 Å². The van der Waals surface area contributed by atoms with Gasteiger partial charge in [-0.25, -0.2) is 4.68 Å². The van der Waals surface area contributed by atoms with Gasteiger partial charge < -0.3 is 0 Å². The molecule has 16 heavy (non-hydrogen) atoms. The van der Waals surface area contributed by atoms with E-state index < -0.39 is 0 Å². The van der Waals surface area contributed by atoms with Crippen molar-refractivity contribution in [2.24, 2.45) is 0 Å². The third-order valence-electron chi connectivity index (χ3n) is 2.68. The number of hydrogen-bond donors (Lipinski definition) is 0. The predicted molar refractivity (Wildman–Crippen MR) is 64.0 cm³/mol. The minimum atomic E-state index is 0.865. The van der Waals surface area contributed by atoms with Crippen LogP contribution < -0.4 is 0 Å². The van der Waals surface area contributed by atoms with Crippen molar-refractivity contribution in [3.05, 3.63) is 5.82 Å². The smallest absolute Gasteiger partial charge is 0.165 e. The summed E-state index contributed by atoms with van der Waals surface area (Å²) in [6, 6.07) is 0. The van der Waals surface area contributed by atoms with Gasteiger partial charge in [-0.1, -0.05) is 27.2 Å². The maximum Gasteiger partial charge on any atom is 0.165 e. The van der Waals surface area contributed by atoms with Crippen molar-refractivity contribution in [1.29, 1.82) is 0 Å². The molecule has 0 aromatic carbocycles. The number of nitrogens with zero attached hydrogens (tertiary/aromatic N) is 5. The number of rotatable bonds is 8. The molecule has 92 valence electrons. The zero-order chi connectivity index (χ0) is 11.8. The van der Waals surface area contributed by atoms with E-state index in [2.05, 4.69) is 41.2 Å². The normalized spacial score (nSPS) is 11.2. The van der Waals surface area contributed by atoms with E-state index in [1.165, 1.54) is 12.8 Å². The lowest BCUT2D eigenvalue weighted by molar-refractivity contribution is 0.262. The van der Waals surface area contributed by atoms with Crippen LogP contribution in [0.4, 0.5) is 0 Å². The lowest BCUT2D eigenvalue weighted by Crippen LogP contribution is -2.26. The Kier molecular flexibility index (Phi) is 6.00. The van der Waals surface area contributed by atoms with Crippen LogP contribution in [-0.4, -0.2) is 38.2 Å². The summed E-state index contributed by atoms with van der Waals surface area (Å²) < 4.78 is 1.91. The topological polar surface area (TPSA) is 46.8 Å². The molecule has 0 saturated carbocycles. The minimum absolute atomic E-state index is 0.865. The summed E-state index contributed by atoms with van der Waals surface area (Å²) in [7, 11) is 0. The van der Waals surface area contributed by atoms with Crippen LogP contribution in [0.25, 0.3) is 0 Å². The SMILES string of the molecule is CCCCN(CC)Cc1nnnn1CCC. The fourth-order valence-electron chi connectivity index (χ4n) is 1.65. The highest BCUT2D eigenvalue weighted by molar-refractivity contribution is 4.80. The van der Waals surface area contributed by atoms with Crippen molar-refractivity contribution in [2.75, 3.05) is 13.1 Å². The van der Waals surface area contributed by atoms with Crippen LogP contribution in [0.15, 0.2) is 0 Å². The van der Waals surface area contributed by atoms with E-state index in [1.54, 1.807) is 0 Å². The van der Waals surface area contributed by atoms with Gasteiger partial charge in [0.05, 0.1) is 6.54 Å². The fraction of sp³-hybridized carbons (Fsp3) is 0.909. The Morgan fingerprint density at radius 1 is 1.19 bits per heavy atom. The molecule has 0 saturated heterocycles. The summed E-state index contributed by atoms with van der Waals surface area (Å²) >= 11 is 0. The molecule has 1 rings (SSSR count). The second kappa shape index (κ2) is 7.33. The molecule has 0 N–H and O–H groups in total. The Morgan fingerprint density at radius 3 is 2.62 bits per heavy atom. The Bertz CT molecular complexity index is 284. The second-order valence-electron chi connectivity index (χ2n) is 4.04. The van der Waals surface area contributed by atoms with Gasteiger partial charge in [0.25, 0.3) is 0 Å². The van der Waals surface area contributed by atoms with Crippen molar-refractivity contribution in [1.82, 2.24) is 25.1 Å². The first kappa shape index (κ1) is 13.1. The molecular formula is C11H23N5. The molecule has 1 heterocycles. The van der Waals surface area contributed by atoms with Crippen LogP contribution in [-0.2, 0) is 13.1 Å². The van der Waals surface area contributed by atoms with Crippen LogP contribution in [0, 0.1) is 0 Å². The third kappa shape index (κ3) is 3.89. The van der Waals surface area contributed by atoms with E-state index in [1.807, 2.05) is 4.68 Å². The molecule has 0 unspecified atom stereocenters. The first-order valence-electron chi connectivity index (χ1n) is 6.29. The summed E-state index contributed by atoms with van der Waals surface area (Å²) in [6.07, 6.45) is 3.54. The average Bonchev–Trinajstić information content (AvgIpc) is 2.72. The van der Waals surface area contributed by atoms with Crippen LogP contribution in [0.3, 0.4) is 0 Å². The molecule has 0 aliphatic rings. The van der Waals surface area contributed by atoms with Gasteiger partial charge in [-0.2, -0.15) is 0 Å². The maximum atomic E-state index is 4.09. The lowest BCUT2D eigenvalue weighted by atomic mass is 10.3. The molecule has 5 nitrogen and oxygen atoms in total. The number of unbranched alkanes of at least 4 members (excludes halogenated alkanes) is 1. The van der Waals surface area contributed by atoms with Gasteiger partial charge in [0.1, 0.15) is 0 Å². The van der Waals surface area contributed by atoms with Crippen LogP contribution in [0.2, 0.25) is 0 Å². The summed E-state index contributed by atoms with van der Waals surface area (Å²) in [6.45, 7) is 10.5. The van der Waals surface area contributed by atoms with Gasteiger partial charge in [-0.15, -0.1) is 5.10 Å². The molecule has 1 aromatic heterocycles. The Labute approximate surface area is 97.8 Å². The van der Waals surface area contributed by atoms with Crippen molar-refractivity contribution >= 4 is 0 Å². The van der Waals surface area contributed by atoms with E-state index >= 15 is 0 Å². The van der Waals surface area contributed by atoms with Gasteiger partial charge in [0.15, 0.2) is 5.82 Å². The van der Waals surface area contributed by atoms with Crippen molar-refractivity contribution in [3.8, 4) is 0 Å². The molecular weight excluding hydrogens is 202 g/mol. The fourth-order valence-corrected chi connectivity index (χ4v) is 1.65. The molecule has 1 aromatic rings. The van der Waals surface area contributed by atoms with Crippen LogP contribution in [0.5, 0.6) is 0 Å². The largest absolute Gasteiger partial charge is 0.296 e. The molecule has 0 aliphatic heterocycles. The third-order valence-corrected chi connectivity index (χ3v) is 2.68. The zero-order valence-electron chi connectivity index (χ0n) is 10.7. The highest BCUT2D eigenvalue weighted by Gasteiger charge is 2.09. The molecule has 0 spiro atoms. The van der Waals surface area contributed by atoms with Gasteiger partial charge in [0.2, 0.25) is 0 Å². The molecule has 0 bridgehead atoms. The predicted octanol–water partition coefficient (Wildman–Crippen LogP) is 1.71. The maximum absolute atomic E-state index is 4.09. The van der Waals surface area contributed by atoms with Crippen LogP contribution >= 0.6 is 0 Å². The lowest BCUT2D eigenvalue weighted by Gasteiger charge is -2.19. The van der Waals surface area contributed by atoms with Gasteiger partial charge in [-0.3, -0.25) is 4.90 Å².